The molecule has 0 saturated carbocycles. The van der Waals surface area contributed by atoms with E-state index in [-0.39, 0.29) is 23.8 Å². The quantitative estimate of drug-likeness (QED) is 0.370. The molecule has 8 N–H and O–H groups in total. The molecule has 0 atom stereocenters. The van der Waals surface area contributed by atoms with Gasteiger partial charge in [-0.25, -0.2) is 0 Å². The lowest BCUT2D eigenvalue weighted by atomic mass is 10.2. The van der Waals surface area contributed by atoms with Gasteiger partial charge in [0.1, 0.15) is 0 Å². The van der Waals surface area contributed by atoms with E-state index < -0.39 is 0 Å². The largest absolute Gasteiger partial charge is 0.368 e. The Bertz CT molecular complexity index is 928. The highest BCUT2D eigenvalue weighted by atomic mass is 15.1. The maximum atomic E-state index is 5.44. The van der Waals surface area contributed by atoms with Crippen molar-refractivity contribution in [1.29, 1.82) is 0 Å². The van der Waals surface area contributed by atoms with E-state index in [2.05, 4.69) is 39.9 Å². The van der Waals surface area contributed by atoms with E-state index in [1.165, 1.54) is 0 Å². The summed E-state index contributed by atoms with van der Waals surface area (Å²) in [6.07, 6.45) is 6.58. The first-order valence-electron chi connectivity index (χ1n) is 7.86. The van der Waals surface area contributed by atoms with Crippen LogP contribution in [0, 0.1) is 0 Å². The Labute approximate surface area is 159 Å². The third kappa shape index (κ3) is 4.78. The van der Waals surface area contributed by atoms with E-state index >= 15 is 0 Å². The molecule has 0 aromatic carbocycles. The molecule has 4 aromatic heterocycles. The molecule has 4 heterocycles. The number of nitrogen functional groups attached to an aromatic ring is 4. The predicted octanol–water partition coefficient (Wildman–Crippen LogP) is 0.196. The summed E-state index contributed by atoms with van der Waals surface area (Å²) in [5.74, 6) is 1.37. The van der Waals surface area contributed by atoms with Gasteiger partial charge < -0.3 is 22.9 Å². The summed E-state index contributed by atoms with van der Waals surface area (Å²) in [4.78, 5) is 30.9. The lowest BCUT2D eigenvalue weighted by Gasteiger charge is -2.00. The number of nitrogens with two attached hydrogens (primary N) is 4. The smallest absolute Gasteiger partial charge is 0.225 e. The third-order valence-electron chi connectivity index (χ3n) is 3.22. The van der Waals surface area contributed by atoms with Crippen molar-refractivity contribution in [3.8, 4) is 22.8 Å². The van der Waals surface area contributed by atoms with Gasteiger partial charge in [0.05, 0.1) is 0 Å². The van der Waals surface area contributed by atoms with E-state index in [4.69, 9.17) is 22.9 Å². The van der Waals surface area contributed by atoms with Crippen LogP contribution in [0.4, 0.5) is 23.8 Å². The highest BCUT2D eigenvalue weighted by molar-refractivity contribution is 5.56. The average molecular weight is 376 g/mol. The lowest BCUT2D eigenvalue weighted by Crippen LogP contribution is -2.04. The number of rotatable bonds is 2. The molecule has 0 aliphatic carbocycles. The van der Waals surface area contributed by atoms with Crippen LogP contribution in [0.25, 0.3) is 22.8 Å². The summed E-state index contributed by atoms with van der Waals surface area (Å²) in [5, 5.41) is 0. The van der Waals surface area contributed by atoms with Crippen molar-refractivity contribution in [2.75, 3.05) is 22.9 Å². The molecule has 0 bridgehead atoms. The summed E-state index contributed by atoms with van der Waals surface area (Å²) >= 11 is 0. The van der Waals surface area contributed by atoms with Crippen LogP contribution in [0.3, 0.4) is 0 Å². The van der Waals surface area contributed by atoms with Gasteiger partial charge in [0.25, 0.3) is 0 Å². The van der Waals surface area contributed by atoms with Gasteiger partial charge in [-0.1, -0.05) is 0 Å². The van der Waals surface area contributed by atoms with E-state index in [1.807, 2.05) is 0 Å². The van der Waals surface area contributed by atoms with Crippen LogP contribution in [0.5, 0.6) is 0 Å². The minimum atomic E-state index is 0.115. The number of nitrogens with zero attached hydrogens (tertiary/aromatic N) is 8. The maximum Gasteiger partial charge on any atom is 0.225 e. The van der Waals surface area contributed by atoms with Crippen LogP contribution in [0.2, 0.25) is 0 Å². The fourth-order valence-corrected chi connectivity index (χ4v) is 2.08. The van der Waals surface area contributed by atoms with Crippen molar-refractivity contribution in [2.24, 2.45) is 0 Å². The maximum absolute atomic E-state index is 5.44. The highest BCUT2D eigenvalue weighted by Crippen LogP contribution is 2.15. The number of pyridine rings is 2. The van der Waals surface area contributed by atoms with Gasteiger partial charge in [0.2, 0.25) is 23.8 Å². The highest BCUT2D eigenvalue weighted by Gasteiger charge is 2.04. The molecule has 0 aliphatic rings. The van der Waals surface area contributed by atoms with Gasteiger partial charge in [0.15, 0.2) is 11.6 Å². The van der Waals surface area contributed by atoms with Gasteiger partial charge in [-0.05, 0) is 24.3 Å². The van der Waals surface area contributed by atoms with Gasteiger partial charge in [-0.3, -0.25) is 9.97 Å². The molecule has 4 aromatic rings. The molecule has 0 amide bonds. The number of anilines is 4. The lowest BCUT2D eigenvalue weighted by molar-refractivity contribution is 1.08. The van der Waals surface area contributed by atoms with Crippen LogP contribution in [0.1, 0.15) is 0 Å². The van der Waals surface area contributed by atoms with Crippen LogP contribution in [-0.4, -0.2) is 39.9 Å². The van der Waals surface area contributed by atoms with Crippen LogP contribution in [0.15, 0.2) is 49.1 Å². The molecule has 28 heavy (non-hydrogen) atoms. The first-order valence-corrected chi connectivity index (χ1v) is 7.86. The molecule has 0 unspecified atom stereocenters. The Kier molecular flexibility index (Phi) is 5.41. The topological polar surface area (TPSA) is 207 Å². The summed E-state index contributed by atoms with van der Waals surface area (Å²) in [6, 6.07) is 7.09. The summed E-state index contributed by atoms with van der Waals surface area (Å²) in [5.41, 5.74) is 23.4. The van der Waals surface area contributed by atoms with Gasteiger partial charge in [-0.15, -0.1) is 0 Å². The first kappa shape index (κ1) is 18.3. The number of hydrogen-bond donors (Lipinski definition) is 4. The zero-order valence-electron chi connectivity index (χ0n) is 14.5. The number of hydrogen-bond acceptors (Lipinski definition) is 12. The Morgan fingerprint density at radius 3 is 1.00 bits per heavy atom. The SMILES string of the molecule is Nc1nc(N)nc(-c2ccncc2)n1.Nc1nc(N)nc(-c2ccncc2)n1. The Balaban J connectivity index is 0.000000161. The second-order valence-electron chi connectivity index (χ2n) is 5.22. The number of aromatic nitrogens is 8. The van der Waals surface area contributed by atoms with E-state index in [0.29, 0.717) is 11.6 Å². The van der Waals surface area contributed by atoms with Crippen molar-refractivity contribution in [1.82, 2.24) is 39.9 Å². The molecule has 0 fully saturated rings. The zero-order chi connectivity index (χ0) is 19.9. The molecule has 0 radical (unpaired) electrons. The van der Waals surface area contributed by atoms with Crippen LogP contribution < -0.4 is 22.9 Å². The molecule has 0 spiro atoms. The summed E-state index contributed by atoms with van der Waals surface area (Å²) < 4.78 is 0. The second-order valence-corrected chi connectivity index (χ2v) is 5.22. The fourth-order valence-electron chi connectivity index (χ4n) is 2.08. The standard InChI is InChI=1S/2C8H8N6/c2*9-7-12-6(13-8(10)14-7)5-1-3-11-4-2-5/h2*1-4H,(H4,9,10,12,13,14). The monoisotopic (exact) mass is 376 g/mol. The van der Waals surface area contributed by atoms with E-state index in [1.54, 1.807) is 49.1 Å². The molecule has 12 nitrogen and oxygen atoms in total. The Morgan fingerprint density at radius 1 is 0.429 bits per heavy atom. The Hall–Kier alpha value is -4.48. The summed E-state index contributed by atoms with van der Waals surface area (Å²) in [7, 11) is 0. The van der Waals surface area contributed by atoms with Gasteiger partial charge in [-0.2, -0.15) is 29.9 Å². The normalized spacial score (nSPS) is 10.0. The predicted molar refractivity (Wildman–Crippen MR) is 104 cm³/mol. The molecule has 140 valence electrons. The molecular formula is C16H16N12. The molecular weight excluding hydrogens is 360 g/mol. The van der Waals surface area contributed by atoms with Crippen molar-refractivity contribution in [3.05, 3.63) is 49.1 Å². The van der Waals surface area contributed by atoms with Gasteiger partial charge >= 0.3 is 0 Å². The van der Waals surface area contributed by atoms with Crippen LogP contribution >= 0.6 is 0 Å². The zero-order valence-corrected chi connectivity index (χ0v) is 14.5. The Morgan fingerprint density at radius 2 is 0.714 bits per heavy atom. The van der Waals surface area contributed by atoms with Gasteiger partial charge in [0, 0.05) is 35.9 Å². The van der Waals surface area contributed by atoms with Crippen LogP contribution in [-0.2, 0) is 0 Å². The molecule has 4 rings (SSSR count). The van der Waals surface area contributed by atoms with E-state index in [0.717, 1.165) is 11.1 Å². The van der Waals surface area contributed by atoms with Crippen molar-refractivity contribution < 1.29 is 0 Å². The van der Waals surface area contributed by atoms with Crippen molar-refractivity contribution in [3.63, 3.8) is 0 Å². The average Bonchev–Trinajstić information content (AvgIpc) is 2.68. The fraction of sp³-hybridized carbons (Fsp3) is 0. The van der Waals surface area contributed by atoms with Crippen molar-refractivity contribution in [2.45, 2.75) is 0 Å². The third-order valence-corrected chi connectivity index (χ3v) is 3.22. The molecule has 0 aliphatic heterocycles. The molecule has 12 heteroatoms. The summed E-state index contributed by atoms with van der Waals surface area (Å²) in [6.45, 7) is 0. The minimum absolute atomic E-state index is 0.115. The van der Waals surface area contributed by atoms with Crippen molar-refractivity contribution >= 4 is 23.8 Å². The second kappa shape index (κ2) is 8.27. The first-order chi connectivity index (χ1) is 13.5. The molecule has 0 saturated heterocycles. The minimum Gasteiger partial charge on any atom is -0.368 e. The van der Waals surface area contributed by atoms with E-state index in [9.17, 15) is 0 Å².